The van der Waals surface area contributed by atoms with Crippen LogP contribution in [0.25, 0.3) is 0 Å². The van der Waals surface area contributed by atoms with E-state index >= 15 is 0 Å². The second-order valence-corrected chi connectivity index (χ2v) is 5.60. The summed E-state index contributed by atoms with van der Waals surface area (Å²) in [5.41, 5.74) is 8.43. The summed E-state index contributed by atoms with van der Waals surface area (Å²) < 4.78 is 5.78. The number of fused-ring (bicyclic) bond motifs is 1. The number of hydrogen-bond acceptors (Lipinski definition) is 4. The predicted molar refractivity (Wildman–Crippen MR) is 75.7 cm³/mol. The lowest BCUT2D eigenvalue weighted by Gasteiger charge is -2.21. The highest BCUT2D eigenvalue weighted by Crippen LogP contribution is 2.28. The molecule has 0 aliphatic heterocycles. The van der Waals surface area contributed by atoms with Crippen LogP contribution >= 0.6 is 0 Å². The standard InChI is InChI=1S/C15H25N3O/c1-4-19-14(10(2)3)15-17-9-11-12(16)7-5-6-8-13(11)18-15/h9-10,12,14H,4-8,16H2,1-3H3. The molecule has 0 bridgehead atoms. The number of rotatable bonds is 4. The molecule has 4 nitrogen and oxygen atoms in total. The van der Waals surface area contributed by atoms with Crippen molar-refractivity contribution >= 4 is 0 Å². The van der Waals surface area contributed by atoms with Gasteiger partial charge in [0.2, 0.25) is 0 Å². The molecule has 4 heteroatoms. The van der Waals surface area contributed by atoms with Crippen molar-refractivity contribution in [3.63, 3.8) is 0 Å². The van der Waals surface area contributed by atoms with Crippen LogP contribution in [-0.2, 0) is 11.2 Å². The molecule has 0 spiro atoms. The van der Waals surface area contributed by atoms with Gasteiger partial charge in [-0.15, -0.1) is 0 Å². The molecular weight excluding hydrogens is 238 g/mol. The molecule has 0 saturated carbocycles. The van der Waals surface area contributed by atoms with Gasteiger partial charge in [0.25, 0.3) is 0 Å². The molecule has 1 aliphatic carbocycles. The summed E-state index contributed by atoms with van der Waals surface area (Å²) in [5, 5.41) is 0. The topological polar surface area (TPSA) is 61.0 Å². The average Bonchev–Trinajstić information content (AvgIpc) is 2.57. The minimum absolute atomic E-state index is 0.0187. The number of ether oxygens (including phenoxy) is 1. The van der Waals surface area contributed by atoms with Gasteiger partial charge < -0.3 is 10.5 Å². The normalized spacial score (nSPS) is 21.0. The Labute approximate surface area is 115 Å². The first-order valence-electron chi connectivity index (χ1n) is 7.36. The summed E-state index contributed by atoms with van der Waals surface area (Å²) in [4.78, 5) is 9.26. The molecule has 1 heterocycles. The fourth-order valence-electron chi connectivity index (χ4n) is 2.65. The van der Waals surface area contributed by atoms with Crippen molar-refractivity contribution in [1.82, 2.24) is 9.97 Å². The van der Waals surface area contributed by atoms with Crippen molar-refractivity contribution in [2.75, 3.05) is 6.61 Å². The maximum Gasteiger partial charge on any atom is 0.157 e. The molecule has 1 aliphatic rings. The highest BCUT2D eigenvalue weighted by Gasteiger charge is 2.23. The first-order chi connectivity index (χ1) is 9.13. The van der Waals surface area contributed by atoms with E-state index in [1.807, 2.05) is 13.1 Å². The molecule has 2 rings (SSSR count). The Morgan fingerprint density at radius 2 is 2.21 bits per heavy atom. The Morgan fingerprint density at radius 1 is 1.42 bits per heavy atom. The van der Waals surface area contributed by atoms with Crippen LogP contribution in [-0.4, -0.2) is 16.6 Å². The quantitative estimate of drug-likeness (QED) is 0.848. The Balaban J connectivity index is 2.31. The minimum Gasteiger partial charge on any atom is -0.370 e. The van der Waals surface area contributed by atoms with Crippen molar-refractivity contribution in [2.24, 2.45) is 11.7 Å². The number of nitrogens with zero attached hydrogens (tertiary/aromatic N) is 2. The van der Waals surface area contributed by atoms with Crippen molar-refractivity contribution in [2.45, 2.75) is 58.6 Å². The SMILES string of the molecule is CCOC(c1ncc2c(n1)CCCCC2N)C(C)C. The molecule has 0 saturated heterocycles. The lowest BCUT2D eigenvalue weighted by Crippen LogP contribution is -2.18. The molecule has 19 heavy (non-hydrogen) atoms. The third-order valence-electron chi connectivity index (χ3n) is 3.70. The van der Waals surface area contributed by atoms with Gasteiger partial charge in [-0.25, -0.2) is 9.97 Å². The summed E-state index contributed by atoms with van der Waals surface area (Å²) >= 11 is 0. The van der Waals surface area contributed by atoms with Gasteiger partial charge in [-0.2, -0.15) is 0 Å². The van der Waals surface area contributed by atoms with Crippen LogP contribution in [0.2, 0.25) is 0 Å². The zero-order valence-electron chi connectivity index (χ0n) is 12.2. The van der Waals surface area contributed by atoms with Crippen LogP contribution in [0.1, 0.15) is 69.3 Å². The van der Waals surface area contributed by atoms with E-state index in [0.29, 0.717) is 12.5 Å². The number of aromatic nitrogens is 2. The smallest absolute Gasteiger partial charge is 0.157 e. The molecule has 1 aromatic heterocycles. The van der Waals surface area contributed by atoms with Gasteiger partial charge >= 0.3 is 0 Å². The van der Waals surface area contributed by atoms with E-state index in [1.165, 1.54) is 6.42 Å². The molecule has 2 N–H and O–H groups in total. The summed E-state index contributed by atoms with van der Waals surface area (Å²) in [5.74, 6) is 1.18. The maximum atomic E-state index is 6.18. The van der Waals surface area contributed by atoms with Gasteiger partial charge in [0.1, 0.15) is 6.10 Å². The molecule has 0 aromatic carbocycles. The fourth-order valence-corrected chi connectivity index (χ4v) is 2.65. The average molecular weight is 263 g/mol. The second kappa shape index (κ2) is 6.44. The minimum atomic E-state index is -0.0187. The zero-order chi connectivity index (χ0) is 13.8. The van der Waals surface area contributed by atoms with Gasteiger partial charge in [0, 0.05) is 30.1 Å². The van der Waals surface area contributed by atoms with Gasteiger partial charge in [-0.05, 0) is 32.1 Å². The van der Waals surface area contributed by atoms with Crippen LogP contribution in [0.5, 0.6) is 0 Å². The van der Waals surface area contributed by atoms with E-state index in [0.717, 1.165) is 36.3 Å². The summed E-state index contributed by atoms with van der Waals surface area (Å²) in [6.07, 6.45) is 6.28. The predicted octanol–water partition coefficient (Wildman–Crippen LogP) is 2.94. The summed E-state index contributed by atoms with van der Waals surface area (Å²) in [6, 6.07) is 0.0937. The maximum absolute atomic E-state index is 6.18. The van der Waals surface area contributed by atoms with E-state index in [2.05, 4.69) is 18.8 Å². The molecular formula is C15H25N3O. The van der Waals surface area contributed by atoms with Gasteiger partial charge in [0.15, 0.2) is 5.82 Å². The highest BCUT2D eigenvalue weighted by atomic mass is 16.5. The van der Waals surface area contributed by atoms with Crippen molar-refractivity contribution < 1.29 is 4.74 Å². The zero-order valence-corrected chi connectivity index (χ0v) is 12.2. The van der Waals surface area contributed by atoms with Crippen LogP contribution < -0.4 is 5.73 Å². The van der Waals surface area contributed by atoms with E-state index in [9.17, 15) is 0 Å². The molecule has 2 atom stereocenters. The third kappa shape index (κ3) is 3.31. The highest BCUT2D eigenvalue weighted by molar-refractivity contribution is 5.23. The first kappa shape index (κ1) is 14.4. The van der Waals surface area contributed by atoms with E-state index in [1.54, 1.807) is 0 Å². The Kier molecular flexibility index (Phi) is 4.88. The van der Waals surface area contributed by atoms with Crippen molar-refractivity contribution in [3.8, 4) is 0 Å². The molecule has 1 aromatic rings. The van der Waals surface area contributed by atoms with Crippen molar-refractivity contribution in [1.29, 1.82) is 0 Å². The van der Waals surface area contributed by atoms with Gasteiger partial charge in [-0.1, -0.05) is 20.3 Å². The molecule has 106 valence electrons. The van der Waals surface area contributed by atoms with Crippen LogP contribution in [0.15, 0.2) is 6.20 Å². The summed E-state index contributed by atoms with van der Waals surface area (Å²) in [6.45, 7) is 6.97. The fraction of sp³-hybridized carbons (Fsp3) is 0.733. The largest absolute Gasteiger partial charge is 0.370 e. The van der Waals surface area contributed by atoms with E-state index < -0.39 is 0 Å². The molecule has 0 radical (unpaired) electrons. The number of aryl methyl sites for hydroxylation is 1. The van der Waals surface area contributed by atoms with E-state index in [-0.39, 0.29) is 12.1 Å². The Hall–Kier alpha value is -1.00. The van der Waals surface area contributed by atoms with Gasteiger partial charge in [0.05, 0.1) is 0 Å². The molecule has 2 unspecified atom stereocenters. The Morgan fingerprint density at radius 3 is 2.89 bits per heavy atom. The van der Waals surface area contributed by atoms with Crippen LogP contribution in [0.3, 0.4) is 0 Å². The van der Waals surface area contributed by atoms with Crippen LogP contribution in [0, 0.1) is 5.92 Å². The lowest BCUT2D eigenvalue weighted by molar-refractivity contribution is 0.0230. The Bertz CT molecular complexity index is 420. The number of nitrogens with two attached hydrogens (primary N) is 1. The summed E-state index contributed by atoms with van der Waals surface area (Å²) in [7, 11) is 0. The second-order valence-electron chi connectivity index (χ2n) is 5.60. The van der Waals surface area contributed by atoms with Crippen molar-refractivity contribution in [3.05, 3.63) is 23.3 Å². The third-order valence-corrected chi connectivity index (χ3v) is 3.70. The monoisotopic (exact) mass is 263 g/mol. The van der Waals surface area contributed by atoms with Crippen LogP contribution in [0.4, 0.5) is 0 Å². The lowest BCUT2D eigenvalue weighted by atomic mass is 10.0. The molecule has 0 fully saturated rings. The molecule has 0 amide bonds. The number of hydrogen-bond donors (Lipinski definition) is 1. The first-order valence-corrected chi connectivity index (χ1v) is 7.36. The van der Waals surface area contributed by atoms with E-state index in [4.69, 9.17) is 15.5 Å². The van der Waals surface area contributed by atoms with Gasteiger partial charge in [-0.3, -0.25) is 0 Å².